The smallest absolute Gasteiger partial charge is 0.247 e. The third-order valence-corrected chi connectivity index (χ3v) is 5.19. The van der Waals surface area contributed by atoms with Gasteiger partial charge in [-0.3, -0.25) is 0 Å². The van der Waals surface area contributed by atoms with Crippen molar-refractivity contribution in [2.45, 2.75) is 4.90 Å². The summed E-state index contributed by atoms with van der Waals surface area (Å²) in [4.78, 5) is 0.100. The van der Waals surface area contributed by atoms with Gasteiger partial charge < -0.3 is 19.9 Å². The number of nitrogen functional groups attached to an aromatic ring is 1. The lowest BCUT2D eigenvalue weighted by molar-refractivity contribution is 0.0728. The molecule has 7 nitrogen and oxygen atoms in total. The van der Waals surface area contributed by atoms with Crippen LogP contribution in [0.5, 0.6) is 11.5 Å². The highest BCUT2D eigenvalue weighted by molar-refractivity contribution is 7.89. The quantitative estimate of drug-likeness (QED) is 0.777. The number of morpholine rings is 1. The molecule has 0 bridgehead atoms. The van der Waals surface area contributed by atoms with Crippen LogP contribution in [0, 0.1) is 0 Å². The SMILES string of the molecule is Nc1ccc(S(=O)(=O)N2CCOCC2)c2c1OCCO2. The average molecular weight is 300 g/mol. The van der Waals surface area contributed by atoms with Gasteiger partial charge in [-0.05, 0) is 12.1 Å². The number of hydrogen-bond donors (Lipinski definition) is 1. The van der Waals surface area contributed by atoms with Crippen LogP contribution in [0.3, 0.4) is 0 Å². The van der Waals surface area contributed by atoms with E-state index in [1.807, 2.05) is 0 Å². The van der Waals surface area contributed by atoms with E-state index in [1.54, 1.807) is 0 Å². The molecule has 2 aliphatic rings. The second-order valence-electron chi connectivity index (χ2n) is 4.52. The Morgan fingerprint density at radius 2 is 1.65 bits per heavy atom. The number of hydrogen-bond acceptors (Lipinski definition) is 6. The van der Waals surface area contributed by atoms with E-state index in [-0.39, 0.29) is 10.6 Å². The molecule has 1 aromatic carbocycles. The summed E-state index contributed by atoms with van der Waals surface area (Å²) in [5.41, 5.74) is 6.17. The van der Waals surface area contributed by atoms with Gasteiger partial charge in [-0.25, -0.2) is 8.42 Å². The van der Waals surface area contributed by atoms with Crippen LogP contribution < -0.4 is 15.2 Å². The van der Waals surface area contributed by atoms with Crippen LogP contribution >= 0.6 is 0 Å². The van der Waals surface area contributed by atoms with Crippen molar-refractivity contribution in [1.82, 2.24) is 4.31 Å². The van der Waals surface area contributed by atoms with Crippen LogP contribution in [0.2, 0.25) is 0 Å². The van der Waals surface area contributed by atoms with Crippen LogP contribution in [0.1, 0.15) is 0 Å². The first-order chi connectivity index (χ1) is 9.60. The minimum atomic E-state index is -3.63. The molecule has 1 saturated heterocycles. The van der Waals surface area contributed by atoms with Crippen LogP contribution in [0.4, 0.5) is 5.69 Å². The zero-order valence-corrected chi connectivity index (χ0v) is 11.7. The minimum Gasteiger partial charge on any atom is -0.485 e. The Bertz CT molecular complexity index is 611. The maximum atomic E-state index is 12.7. The summed E-state index contributed by atoms with van der Waals surface area (Å²) in [6, 6.07) is 2.99. The molecule has 0 spiro atoms. The largest absolute Gasteiger partial charge is 0.485 e. The van der Waals surface area contributed by atoms with Crippen LogP contribution in [0.15, 0.2) is 17.0 Å². The summed E-state index contributed by atoms with van der Waals surface area (Å²) in [6.07, 6.45) is 0. The average Bonchev–Trinajstić information content (AvgIpc) is 2.48. The van der Waals surface area contributed by atoms with E-state index in [1.165, 1.54) is 16.4 Å². The molecule has 0 aromatic heterocycles. The second-order valence-corrected chi connectivity index (χ2v) is 6.43. The molecule has 0 atom stereocenters. The zero-order valence-electron chi connectivity index (χ0n) is 10.9. The number of nitrogens with zero attached hydrogens (tertiary/aromatic N) is 1. The van der Waals surface area contributed by atoms with Gasteiger partial charge in [0.2, 0.25) is 10.0 Å². The van der Waals surface area contributed by atoms with Crippen molar-refractivity contribution >= 4 is 15.7 Å². The first-order valence-corrected chi connectivity index (χ1v) is 7.80. The lowest BCUT2D eigenvalue weighted by Crippen LogP contribution is -2.40. The molecule has 20 heavy (non-hydrogen) atoms. The second kappa shape index (κ2) is 5.12. The van der Waals surface area contributed by atoms with Crippen LogP contribution in [0.25, 0.3) is 0 Å². The molecule has 0 unspecified atom stereocenters. The number of nitrogens with two attached hydrogens (primary N) is 1. The number of fused-ring (bicyclic) bond motifs is 1. The molecule has 2 aliphatic heterocycles. The first kappa shape index (κ1) is 13.5. The first-order valence-electron chi connectivity index (χ1n) is 6.36. The number of ether oxygens (including phenoxy) is 3. The van der Waals surface area contributed by atoms with Gasteiger partial charge in [0, 0.05) is 13.1 Å². The van der Waals surface area contributed by atoms with E-state index in [2.05, 4.69) is 0 Å². The van der Waals surface area contributed by atoms with Gasteiger partial charge in [0.25, 0.3) is 0 Å². The van der Waals surface area contributed by atoms with Crippen molar-refractivity contribution in [2.75, 3.05) is 45.3 Å². The molecule has 110 valence electrons. The summed E-state index contributed by atoms with van der Waals surface area (Å²) in [5, 5.41) is 0. The third kappa shape index (κ3) is 2.19. The van der Waals surface area contributed by atoms with Crippen molar-refractivity contribution in [2.24, 2.45) is 0 Å². The van der Waals surface area contributed by atoms with Crippen LogP contribution in [-0.4, -0.2) is 52.2 Å². The van der Waals surface area contributed by atoms with E-state index in [0.717, 1.165) is 0 Å². The number of sulfonamides is 1. The molecule has 1 fully saturated rings. The predicted molar refractivity (Wildman–Crippen MR) is 71.4 cm³/mol. The Morgan fingerprint density at radius 1 is 1.00 bits per heavy atom. The van der Waals surface area contributed by atoms with Crippen molar-refractivity contribution in [1.29, 1.82) is 0 Å². The van der Waals surface area contributed by atoms with Gasteiger partial charge in [-0.15, -0.1) is 0 Å². The Balaban J connectivity index is 2.05. The van der Waals surface area contributed by atoms with Gasteiger partial charge in [-0.2, -0.15) is 4.31 Å². The molecule has 8 heteroatoms. The highest BCUT2D eigenvalue weighted by Gasteiger charge is 2.32. The molecule has 1 aromatic rings. The van der Waals surface area contributed by atoms with E-state index >= 15 is 0 Å². The summed E-state index contributed by atoms with van der Waals surface area (Å²) in [5.74, 6) is 0.522. The zero-order chi connectivity index (χ0) is 14.2. The molecule has 0 saturated carbocycles. The molecular weight excluding hydrogens is 284 g/mol. The summed E-state index contributed by atoms with van der Waals surface area (Å²) in [6.45, 7) is 2.13. The monoisotopic (exact) mass is 300 g/mol. The molecule has 0 aliphatic carbocycles. The maximum absolute atomic E-state index is 12.7. The molecule has 0 amide bonds. The fourth-order valence-electron chi connectivity index (χ4n) is 2.26. The Morgan fingerprint density at radius 3 is 2.35 bits per heavy atom. The van der Waals surface area contributed by atoms with E-state index in [0.29, 0.717) is 51.0 Å². The third-order valence-electron chi connectivity index (χ3n) is 3.27. The number of rotatable bonds is 2. The summed E-state index contributed by atoms with van der Waals surface area (Å²) in [7, 11) is -3.63. The van der Waals surface area contributed by atoms with E-state index in [9.17, 15) is 8.42 Å². The molecular formula is C12H16N2O5S. The van der Waals surface area contributed by atoms with Crippen molar-refractivity contribution < 1.29 is 22.6 Å². The predicted octanol–water partition coefficient (Wildman–Crippen LogP) is 0.0609. The fraction of sp³-hybridized carbons (Fsp3) is 0.500. The number of anilines is 1. The Kier molecular flexibility index (Phi) is 3.45. The van der Waals surface area contributed by atoms with Gasteiger partial charge in [-0.1, -0.05) is 0 Å². The molecule has 3 rings (SSSR count). The highest BCUT2D eigenvalue weighted by Crippen LogP contribution is 2.42. The van der Waals surface area contributed by atoms with Crippen molar-refractivity contribution in [3.8, 4) is 11.5 Å². The minimum absolute atomic E-state index is 0.100. The van der Waals surface area contributed by atoms with Gasteiger partial charge in [0.1, 0.15) is 18.1 Å². The standard InChI is InChI=1S/C12H16N2O5S/c13-9-1-2-10(12-11(9)18-7-8-19-12)20(15,16)14-3-5-17-6-4-14/h1-2H,3-8,13H2. The van der Waals surface area contributed by atoms with Gasteiger partial charge in [0.05, 0.1) is 18.9 Å². The highest BCUT2D eigenvalue weighted by atomic mass is 32.2. The van der Waals surface area contributed by atoms with E-state index < -0.39 is 10.0 Å². The van der Waals surface area contributed by atoms with Gasteiger partial charge >= 0.3 is 0 Å². The lowest BCUT2D eigenvalue weighted by atomic mass is 10.2. The molecule has 2 heterocycles. The molecule has 2 N–H and O–H groups in total. The topological polar surface area (TPSA) is 91.1 Å². The normalized spacial score (nSPS) is 19.8. The van der Waals surface area contributed by atoms with Crippen molar-refractivity contribution in [3.05, 3.63) is 12.1 Å². The maximum Gasteiger partial charge on any atom is 0.247 e. The Hall–Kier alpha value is -1.51. The van der Waals surface area contributed by atoms with Gasteiger partial charge in [0.15, 0.2) is 11.5 Å². The summed E-state index contributed by atoms with van der Waals surface area (Å²) < 4.78 is 42.8. The van der Waals surface area contributed by atoms with E-state index in [4.69, 9.17) is 19.9 Å². The lowest BCUT2D eigenvalue weighted by Gasteiger charge is -2.28. The Labute approximate surface area is 117 Å². The fourth-order valence-corrected chi connectivity index (χ4v) is 3.80. The molecule has 0 radical (unpaired) electrons. The number of benzene rings is 1. The summed E-state index contributed by atoms with van der Waals surface area (Å²) >= 11 is 0. The van der Waals surface area contributed by atoms with Crippen molar-refractivity contribution in [3.63, 3.8) is 0 Å². The van der Waals surface area contributed by atoms with Crippen LogP contribution in [-0.2, 0) is 14.8 Å².